The summed E-state index contributed by atoms with van der Waals surface area (Å²) in [6.07, 6.45) is 1.68. The molecular formula is C8H11N3O. The van der Waals surface area contributed by atoms with Crippen LogP contribution in [0, 0.1) is 0 Å². The summed E-state index contributed by atoms with van der Waals surface area (Å²) in [4.78, 5) is 14.5. The summed E-state index contributed by atoms with van der Waals surface area (Å²) in [7, 11) is 0. The standard InChI is InChI=1S/C8H11N3O/c1-6(11-8(9)12)7-4-2-3-5-10-7/h2-6H,1H3,(H3,9,11,12). The summed E-state index contributed by atoms with van der Waals surface area (Å²) in [5.74, 6) is 0. The van der Waals surface area contributed by atoms with E-state index in [0.717, 1.165) is 5.69 Å². The Labute approximate surface area is 70.8 Å². The van der Waals surface area contributed by atoms with Crippen LogP contribution in [-0.4, -0.2) is 11.0 Å². The van der Waals surface area contributed by atoms with E-state index in [1.807, 2.05) is 25.1 Å². The van der Waals surface area contributed by atoms with Crippen molar-refractivity contribution in [1.29, 1.82) is 0 Å². The number of hydrogen-bond acceptors (Lipinski definition) is 2. The molecule has 0 aromatic carbocycles. The summed E-state index contributed by atoms with van der Waals surface area (Å²) >= 11 is 0. The second-order valence-corrected chi connectivity index (χ2v) is 2.48. The Morgan fingerprint density at radius 3 is 2.92 bits per heavy atom. The smallest absolute Gasteiger partial charge is 0.312 e. The van der Waals surface area contributed by atoms with Crippen LogP contribution in [-0.2, 0) is 0 Å². The molecule has 0 aliphatic heterocycles. The number of hydrogen-bond donors (Lipinski definition) is 2. The quantitative estimate of drug-likeness (QED) is 0.681. The van der Waals surface area contributed by atoms with Gasteiger partial charge in [-0.3, -0.25) is 4.98 Å². The number of carbonyl (C=O) groups excluding carboxylic acids is 1. The molecule has 0 fully saturated rings. The van der Waals surface area contributed by atoms with Crippen LogP contribution in [0.3, 0.4) is 0 Å². The van der Waals surface area contributed by atoms with Gasteiger partial charge in [0.1, 0.15) is 0 Å². The van der Waals surface area contributed by atoms with Crippen molar-refractivity contribution < 1.29 is 4.79 Å². The Kier molecular flexibility index (Phi) is 2.63. The Bertz CT molecular complexity index is 260. The summed E-state index contributed by atoms with van der Waals surface area (Å²) in [5, 5.41) is 2.54. The average Bonchev–Trinajstić information content (AvgIpc) is 2.05. The molecule has 0 saturated carbocycles. The molecule has 4 nitrogen and oxygen atoms in total. The highest BCUT2D eigenvalue weighted by Crippen LogP contribution is 2.06. The maximum Gasteiger partial charge on any atom is 0.312 e. The minimum Gasteiger partial charge on any atom is -0.352 e. The minimum atomic E-state index is -0.534. The molecule has 1 heterocycles. The molecule has 2 amide bonds. The molecule has 4 heteroatoms. The second kappa shape index (κ2) is 3.71. The third kappa shape index (κ3) is 2.23. The molecule has 1 rings (SSSR count). The number of pyridine rings is 1. The summed E-state index contributed by atoms with van der Waals surface area (Å²) in [5.41, 5.74) is 5.76. The molecule has 0 aliphatic rings. The summed E-state index contributed by atoms with van der Waals surface area (Å²) in [6, 6.07) is 4.85. The van der Waals surface area contributed by atoms with Crippen LogP contribution in [0.4, 0.5) is 4.79 Å². The largest absolute Gasteiger partial charge is 0.352 e. The average molecular weight is 165 g/mol. The second-order valence-electron chi connectivity index (χ2n) is 2.48. The maximum atomic E-state index is 10.5. The fourth-order valence-corrected chi connectivity index (χ4v) is 0.919. The van der Waals surface area contributed by atoms with Gasteiger partial charge >= 0.3 is 6.03 Å². The van der Waals surface area contributed by atoms with Crippen molar-refractivity contribution in [3.8, 4) is 0 Å². The van der Waals surface area contributed by atoms with Crippen molar-refractivity contribution in [2.45, 2.75) is 13.0 Å². The van der Waals surface area contributed by atoms with Gasteiger partial charge in [0.25, 0.3) is 0 Å². The number of urea groups is 1. The van der Waals surface area contributed by atoms with Gasteiger partial charge in [-0.15, -0.1) is 0 Å². The number of nitrogens with zero attached hydrogens (tertiary/aromatic N) is 1. The lowest BCUT2D eigenvalue weighted by Crippen LogP contribution is -2.32. The molecule has 1 aromatic rings. The van der Waals surface area contributed by atoms with Crippen molar-refractivity contribution >= 4 is 6.03 Å². The topological polar surface area (TPSA) is 68.0 Å². The van der Waals surface area contributed by atoms with E-state index in [-0.39, 0.29) is 6.04 Å². The van der Waals surface area contributed by atoms with Crippen LogP contribution in [0.5, 0.6) is 0 Å². The Morgan fingerprint density at radius 2 is 2.42 bits per heavy atom. The van der Waals surface area contributed by atoms with Gasteiger partial charge in [0.05, 0.1) is 11.7 Å². The molecule has 0 saturated heterocycles. The fraction of sp³-hybridized carbons (Fsp3) is 0.250. The summed E-state index contributed by atoms with van der Waals surface area (Å²) in [6.45, 7) is 1.83. The molecule has 0 spiro atoms. The predicted molar refractivity (Wildman–Crippen MR) is 45.4 cm³/mol. The first-order valence-electron chi connectivity index (χ1n) is 3.67. The van der Waals surface area contributed by atoms with Gasteiger partial charge in [0, 0.05) is 6.20 Å². The van der Waals surface area contributed by atoms with E-state index in [1.54, 1.807) is 6.20 Å². The molecule has 0 bridgehead atoms. The molecule has 0 radical (unpaired) electrons. The van der Waals surface area contributed by atoms with Crippen LogP contribution < -0.4 is 11.1 Å². The van der Waals surface area contributed by atoms with Gasteiger partial charge in [-0.2, -0.15) is 0 Å². The van der Waals surface area contributed by atoms with Gasteiger partial charge in [0.15, 0.2) is 0 Å². The van der Waals surface area contributed by atoms with Crippen molar-refractivity contribution in [2.24, 2.45) is 5.73 Å². The normalized spacial score (nSPS) is 12.1. The van der Waals surface area contributed by atoms with Gasteiger partial charge in [0.2, 0.25) is 0 Å². The molecule has 1 aromatic heterocycles. The fourth-order valence-electron chi connectivity index (χ4n) is 0.919. The minimum absolute atomic E-state index is 0.135. The molecule has 1 unspecified atom stereocenters. The van der Waals surface area contributed by atoms with Crippen LogP contribution in [0.25, 0.3) is 0 Å². The van der Waals surface area contributed by atoms with Crippen molar-refractivity contribution in [3.05, 3.63) is 30.1 Å². The van der Waals surface area contributed by atoms with Gasteiger partial charge < -0.3 is 11.1 Å². The molecule has 64 valence electrons. The lowest BCUT2D eigenvalue weighted by molar-refractivity contribution is 0.246. The molecule has 12 heavy (non-hydrogen) atoms. The third-order valence-corrected chi connectivity index (χ3v) is 1.49. The van der Waals surface area contributed by atoms with Gasteiger partial charge in [-0.1, -0.05) is 6.07 Å². The third-order valence-electron chi connectivity index (χ3n) is 1.49. The van der Waals surface area contributed by atoms with Crippen LogP contribution in [0.1, 0.15) is 18.7 Å². The Balaban J connectivity index is 2.65. The molecular weight excluding hydrogens is 154 g/mol. The number of aromatic nitrogens is 1. The van der Waals surface area contributed by atoms with E-state index in [4.69, 9.17) is 5.73 Å². The highest BCUT2D eigenvalue weighted by atomic mass is 16.2. The number of nitrogens with one attached hydrogen (secondary N) is 1. The van der Waals surface area contributed by atoms with E-state index >= 15 is 0 Å². The van der Waals surface area contributed by atoms with Gasteiger partial charge in [-0.05, 0) is 19.1 Å². The summed E-state index contributed by atoms with van der Waals surface area (Å²) < 4.78 is 0. The zero-order valence-corrected chi connectivity index (χ0v) is 6.82. The first-order valence-corrected chi connectivity index (χ1v) is 3.67. The number of rotatable bonds is 2. The van der Waals surface area contributed by atoms with E-state index in [2.05, 4.69) is 10.3 Å². The zero-order valence-electron chi connectivity index (χ0n) is 6.82. The monoisotopic (exact) mass is 165 g/mol. The van der Waals surface area contributed by atoms with Crippen LogP contribution in [0.15, 0.2) is 24.4 Å². The number of amides is 2. The molecule has 3 N–H and O–H groups in total. The van der Waals surface area contributed by atoms with E-state index < -0.39 is 6.03 Å². The van der Waals surface area contributed by atoms with E-state index in [9.17, 15) is 4.79 Å². The van der Waals surface area contributed by atoms with Crippen molar-refractivity contribution in [3.63, 3.8) is 0 Å². The highest BCUT2D eigenvalue weighted by Gasteiger charge is 2.06. The lowest BCUT2D eigenvalue weighted by Gasteiger charge is -2.10. The molecule has 1 atom stereocenters. The SMILES string of the molecule is CC(NC(N)=O)c1ccccn1. The lowest BCUT2D eigenvalue weighted by atomic mass is 10.2. The number of nitrogens with two attached hydrogens (primary N) is 1. The Hall–Kier alpha value is -1.58. The van der Waals surface area contributed by atoms with Crippen LogP contribution in [0.2, 0.25) is 0 Å². The van der Waals surface area contributed by atoms with E-state index in [1.165, 1.54) is 0 Å². The number of carbonyl (C=O) groups is 1. The van der Waals surface area contributed by atoms with Crippen LogP contribution >= 0.6 is 0 Å². The zero-order chi connectivity index (χ0) is 8.97. The van der Waals surface area contributed by atoms with Gasteiger partial charge in [-0.25, -0.2) is 4.79 Å². The first kappa shape index (κ1) is 8.52. The maximum absolute atomic E-state index is 10.5. The first-order chi connectivity index (χ1) is 5.70. The molecule has 0 aliphatic carbocycles. The number of primary amides is 1. The Morgan fingerprint density at radius 1 is 1.67 bits per heavy atom. The van der Waals surface area contributed by atoms with E-state index in [0.29, 0.717) is 0 Å². The van der Waals surface area contributed by atoms with Crippen molar-refractivity contribution in [2.75, 3.05) is 0 Å². The highest BCUT2D eigenvalue weighted by molar-refractivity contribution is 5.72. The predicted octanol–water partition coefficient (Wildman–Crippen LogP) is 0.811. The van der Waals surface area contributed by atoms with Crippen molar-refractivity contribution in [1.82, 2.24) is 10.3 Å².